The molecule has 0 fully saturated rings. The second-order valence-corrected chi connectivity index (χ2v) is 2.82. The molecule has 66 valence electrons. The van der Waals surface area contributed by atoms with Crippen molar-refractivity contribution in [3.63, 3.8) is 0 Å². The average molecular weight is 160 g/mol. The third-order valence-corrected chi connectivity index (χ3v) is 1.55. The average Bonchev–Trinajstić information content (AvgIpc) is 1.99. The van der Waals surface area contributed by atoms with E-state index in [4.69, 9.17) is 9.84 Å². The van der Waals surface area contributed by atoms with E-state index in [9.17, 15) is 4.79 Å². The Morgan fingerprint density at radius 1 is 1.55 bits per heavy atom. The Morgan fingerprint density at radius 2 is 2.09 bits per heavy atom. The van der Waals surface area contributed by atoms with E-state index < -0.39 is 12.1 Å². The fourth-order valence-electron chi connectivity index (χ4n) is 0.463. The number of hydrogen-bond donors (Lipinski definition) is 1. The molecular weight excluding hydrogens is 144 g/mol. The Bertz CT molecular complexity index is 121. The van der Waals surface area contributed by atoms with Crippen LogP contribution in [0.2, 0.25) is 0 Å². The Labute approximate surface area is 67.4 Å². The monoisotopic (exact) mass is 160 g/mol. The predicted molar refractivity (Wildman–Crippen MR) is 42.1 cm³/mol. The third kappa shape index (κ3) is 4.79. The molecule has 2 atom stereocenters. The van der Waals surface area contributed by atoms with E-state index in [1.54, 1.807) is 0 Å². The lowest BCUT2D eigenvalue weighted by Gasteiger charge is -2.10. The van der Waals surface area contributed by atoms with Crippen molar-refractivity contribution in [3.8, 4) is 0 Å². The van der Waals surface area contributed by atoms with Crippen molar-refractivity contribution < 1.29 is 14.6 Å². The van der Waals surface area contributed by atoms with Crippen LogP contribution in [0.4, 0.5) is 0 Å². The molecule has 1 N–H and O–H groups in total. The predicted octanol–water partition coefficient (Wildman–Crippen LogP) is 0.956. The SMILES string of the molecule is CC[C@H](C)COC(=O)C(C)O. The maximum Gasteiger partial charge on any atom is 0.334 e. The van der Waals surface area contributed by atoms with Gasteiger partial charge in [0.25, 0.3) is 0 Å². The molecule has 0 saturated heterocycles. The first-order valence-electron chi connectivity index (χ1n) is 3.92. The first-order chi connectivity index (χ1) is 5.07. The number of carbonyl (C=O) groups excluding carboxylic acids is 1. The van der Waals surface area contributed by atoms with Crippen LogP contribution in [0, 0.1) is 5.92 Å². The van der Waals surface area contributed by atoms with Gasteiger partial charge in [0.15, 0.2) is 0 Å². The Morgan fingerprint density at radius 3 is 2.45 bits per heavy atom. The quantitative estimate of drug-likeness (QED) is 0.623. The van der Waals surface area contributed by atoms with E-state index in [1.165, 1.54) is 6.92 Å². The van der Waals surface area contributed by atoms with Crippen molar-refractivity contribution in [3.05, 3.63) is 0 Å². The lowest BCUT2D eigenvalue weighted by molar-refractivity contribution is -0.153. The summed E-state index contributed by atoms with van der Waals surface area (Å²) in [7, 11) is 0. The summed E-state index contributed by atoms with van der Waals surface area (Å²) in [5.41, 5.74) is 0. The van der Waals surface area contributed by atoms with Crippen LogP contribution in [-0.2, 0) is 9.53 Å². The van der Waals surface area contributed by atoms with Gasteiger partial charge in [0.05, 0.1) is 6.61 Å². The van der Waals surface area contributed by atoms with E-state index >= 15 is 0 Å². The maximum absolute atomic E-state index is 10.7. The van der Waals surface area contributed by atoms with Gasteiger partial charge in [-0.2, -0.15) is 0 Å². The highest BCUT2D eigenvalue weighted by Gasteiger charge is 2.10. The van der Waals surface area contributed by atoms with Crippen LogP contribution in [0.3, 0.4) is 0 Å². The smallest absolute Gasteiger partial charge is 0.334 e. The second kappa shape index (κ2) is 5.13. The molecule has 3 nitrogen and oxygen atoms in total. The summed E-state index contributed by atoms with van der Waals surface area (Å²) in [5.74, 6) is -0.164. The summed E-state index contributed by atoms with van der Waals surface area (Å²) in [4.78, 5) is 10.7. The maximum atomic E-state index is 10.7. The molecular formula is C8H16O3. The number of carbonyl (C=O) groups is 1. The zero-order chi connectivity index (χ0) is 8.85. The fourth-order valence-corrected chi connectivity index (χ4v) is 0.463. The van der Waals surface area contributed by atoms with Crippen molar-refractivity contribution in [1.82, 2.24) is 0 Å². The van der Waals surface area contributed by atoms with Gasteiger partial charge in [-0.25, -0.2) is 4.79 Å². The number of esters is 1. The van der Waals surface area contributed by atoms with Gasteiger partial charge in [0.2, 0.25) is 0 Å². The molecule has 11 heavy (non-hydrogen) atoms. The van der Waals surface area contributed by atoms with Crippen molar-refractivity contribution in [2.24, 2.45) is 5.92 Å². The van der Waals surface area contributed by atoms with Crippen molar-refractivity contribution in [2.45, 2.75) is 33.3 Å². The van der Waals surface area contributed by atoms with Crippen molar-refractivity contribution in [1.29, 1.82) is 0 Å². The van der Waals surface area contributed by atoms with E-state index in [-0.39, 0.29) is 0 Å². The molecule has 0 radical (unpaired) electrons. The van der Waals surface area contributed by atoms with E-state index in [2.05, 4.69) is 0 Å². The third-order valence-electron chi connectivity index (χ3n) is 1.55. The topological polar surface area (TPSA) is 46.5 Å². The van der Waals surface area contributed by atoms with Gasteiger partial charge in [0.1, 0.15) is 6.10 Å². The van der Waals surface area contributed by atoms with Gasteiger partial charge >= 0.3 is 5.97 Å². The summed E-state index contributed by atoms with van der Waals surface area (Å²) in [6.07, 6.45) is -0.0216. The standard InChI is InChI=1S/C8H16O3/c1-4-6(2)5-11-8(10)7(3)9/h6-7,9H,4-5H2,1-3H3/t6-,7?/m0/s1. The van der Waals surface area contributed by atoms with Gasteiger partial charge in [-0.15, -0.1) is 0 Å². The highest BCUT2D eigenvalue weighted by Crippen LogP contribution is 2.01. The molecule has 0 heterocycles. The van der Waals surface area contributed by atoms with Crippen molar-refractivity contribution >= 4 is 5.97 Å². The minimum absolute atomic E-state index is 0.373. The second-order valence-electron chi connectivity index (χ2n) is 2.82. The molecule has 0 amide bonds. The first-order valence-corrected chi connectivity index (χ1v) is 3.92. The molecule has 0 aliphatic heterocycles. The summed E-state index contributed by atoms with van der Waals surface area (Å²) in [6.45, 7) is 5.83. The Hall–Kier alpha value is -0.570. The molecule has 0 aliphatic carbocycles. The van der Waals surface area contributed by atoms with Crippen LogP contribution in [-0.4, -0.2) is 23.8 Å². The Kier molecular flexibility index (Phi) is 4.86. The van der Waals surface area contributed by atoms with Gasteiger partial charge in [-0.1, -0.05) is 20.3 Å². The lowest BCUT2D eigenvalue weighted by atomic mass is 10.1. The number of rotatable bonds is 4. The molecule has 0 saturated carbocycles. The Balaban J connectivity index is 3.46. The summed E-state index contributed by atoms with van der Waals surface area (Å²) < 4.78 is 4.77. The first kappa shape index (κ1) is 10.4. The number of aliphatic hydroxyl groups is 1. The highest BCUT2D eigenvalue weighted by molar-refractivity contribution is 5.73. The fraction of sp³-hybridized carbons (Fsp3) is 0.875. The van der Waals surface area contributed by atoms with Crippen LogP contribution < -0.4 is 0 Å². The minimum Gasteiger partial charge on any atom is -0.463 e. The van der Waals surface area contributed by atoms with Crippen LogP contribution in [0.5, 0.6) is 0 Å². The van der Waals surface area contributed by atoms with E-state index in [1.807, 2.05) is 13.8 Å². The molecule has 0 aromatic carbocycles. The molecule has 0 rings (SSSR count). The molecule has 0 aromatic heterocycles. The molecule has 1 unspecified atom stereocenters. The van der Waals surface area contributed by atoms with Crippen molar-refractivity contribution in [2.75, 3.05) is 6.61 Å². The minimum atomic E-state index is -1.00. The molecule has 0 spiro atoms. The van der Waals surface area contributed by atoms with Gasteiger partial charge in [-0.3, -0.25) is 0 Å². The van der Waals surface area contributed by atoms with Gasteiger partial charge < -0.3 is 9.84 Å². The van der Waals surface area contributed by atoms with Gasteiger partial charge in [0, 0.05) is 0 Å². The zero-order valence-corrected chi connectivity index (χ0v) is 7.33. The van der Waals surface area contributed by atoms with E-state index in [0.29, 0.717) is 12.5 Å². The van der Waals surface area contributed by atoms with E-state index in [0.717, 1.165) is 6.42 Å². The van der Waals surface area contributed by atoms with Crippen LogP contribution in [0.15, 0.2) is 0 Å². The number of ether oxygens (including phenoxy) is 1. The highest BCUT2D eigenvalue weighted by atomic mass is 16.5. The summed E-state index contributed by atoms with van der Waals surface area (Å²) in [6, 6.07) is 0. The number of aliphatic hydroxyl groups excluding tert-OH is 1. The summed E-state index contributed by atoms with van der Waals surface area (Å²) >= 11 is 0. The lowest BCUT2D eigenvalue weighted by Crippen LogP contribution is -2.21. The van der Waals surface area contributed by atoms with Crippen LogP contribution in [0.1, 0.15) is 27.2 Å². The van der Waals surface area contributed by atoms with Crippen LogP contribution >= 0.6 is 0 Å². The zero-order valence-electron chi connectivity index (χ0n) is 7.33. The van der Waals surface area contributed by atoms with Gasteiger partial charge in [-0.05, 0) is 12.8 Å². The largest absolute Gasteiger partial charge is 0.463 e. The number of hydrogen-bond acceptors (Lipinski definition) is 3. The molecule has 3 heteroatoms. The van der Waals surface area contributed by atoms with Crippen LogP contribution in [0.25, 0.3) is 0 Å². The molecule has 0 bridgehead atoms. The summed E-state index contributed by atoms with van der Waals surface area (Å²) in [5, 5.41) is 8.73. The molecule has 0 aromatic rings. The normalized spacial score (nSPS) is 15.6. The molecule has 0 aliphatic rings.